The van der Waals surface area contributed by atoms with Gasteiger partial charge in [-0.1, -0.05) is 0 Å². The molecule has 1 saturated heterocycles. The Kier molecular flexibility index (Phi) is 7.59. The van der Waals surface area contributed by atoms with Crippen molar-refractivity contribution < 1.29 is 21.6 Å². The average Bonchev–Trinajstić information content (AvgIpc) is 2.71. The van der Waals surface area contributed by atoms with Crippen molar-refractivity contribution in [1.82, 2.24) is 5.32 Å². The van der Waals surface area contributed by atoms with E-state index in [4.69, 9.17) is 4.74 Å². The third-order valence-corrected chi connectivity index (χ3v) is 6.74. The van der Waals surface area contributed by atoms with Gasteiger partial charge in [0.25, 0.3) is 0 Å². The van der Waals surface area contributed by atoms with Crippen molar-refractivity contribution in [3.05, 3.63) is 0 Å². The Morgan fingerprint density at radius 3 is 2.62 bits per heavy atom. The molecule has 21 heavy (non-hydrogen) atoms. The number of ether oxygens (including phenoxy) is 1. The van der Waals surface area contributed by atoms with Crippen LogP contribution in [0.2, 0.25) is 0 Å². The van der Waals surface area contributed by atoms with E-state index in [0.717, 1.165) is 13.0 Å². The second-order valence-electron chi connectivity index (χ2n) is 5.89. The highest BCUT2D eigenvalue weighted by molar-refractivity contribution is 7.91. The summed E-state index contributed by atoms with van der Waals surface area (Å²) in [6.45, 7) is 2.05. The van der Waals surface area contributed by atoms with Crippen LogP contribution in [0.1, 0.15) is 19.3 Å². The summed E-state index contributed by atoms with van der Waals surface area (Å²) in [6.07, 6.45) is 3.26. The monoisotopic (exact) mass is 341 g/mol. The lowest BCUT2D eigenvalue weighted by Crippen LogP contribution is -2.31. The second-order valence-corrected chi connectivity index (χ2v) is 10.4. The van der Waals surface area contributed by atoms with Gasteiger partial charge in [0.2, 0.25) is 0 Å². The molecule has 0 amide bonds. The molecule has 126 valence electrons. The van der Waals surface area contributed by atoms with Crippen molar-refractivity contribution in [2.45, 2.75) is 19.3 Å². The molecule has 0 aromatic carbocycles. The zero-order chi connectivity index (χ0) is 15.9. The first-order chi connectivity index (χ1) is 9.73. The van der Waals surface area contributed by atoms with Crippen LogP contribution in [0.5, 0.6) is 0 Å². The highest BCUT2D eigenvalue weighted by Crippen LogP contribution is 2.28. The molecular formula is C13H27NO5S2. The van der Waals surface area contributed by atoms with Crippen LogP contribution in [0.25, 0.3) is 0 Å². The molecule has 8 heteroatoms. The molecule has 0 bridgehead atoms. The Bertz CT molecular complexity index is 501. The quantitative estimate of drug-likeness (QED) is 0.567. The molecule has 2 atom stereocenters. The van der Waals surface area contributed by atoms with E-state index in [-0.39, 0.29) is 29.1 Å². The van der Waals surface area contributed by atoms with Crippen LogP contribution in [0.4, 0.5) is 0 Å². The number of sulfone groups is 2. The van der Waals surface area contributed by atoms with Crippen LogP contribution >= 0.6 is 0 Å². The minimum absolute atomic E-state index is 0.143. The first kappa shape index (κ1) is 18.9. The number of hydrogen-bond donors (Lipinski definition) is 1. The maximum atomic E-state index is 11.6. The molecule has 6 nitrogen and oxygen atoms in total. The Balaban J connectivity index is 2.49. The fourth-order valence-electron chi connectivity index (χ4n) is 2.77. The van der Waals surface area contributed by atoms with Gasteiger partial charge in [0, 0.05) is 25.7 Å². The molecule has 0 aromatic rings. The molecular weight excluding hydrogens is 314 g/mol. The van der Waals surface area contributed by atoms with Gasteiger partial charge in [-0.05, 0) is 37.6 Å². The smallest absolute Gasteiger partial charge is 0.150 e. The van der Waals surface area contributed by atoms with E-state index >= 15 is 0 Å². The molecule has 0 aromatic heterocycles. The van der Waals surface area contributed by atoms with Crippen LogP contribution in [-0.2, 0) is 24.4 Å². The summed E-state index contributed by atoms with van der Waals surface area (Å²) in [6, 6.07) is 0. The topological polar surface area (TPSA) is 89.5 Å². The van der Waals surface area contributed by atoms with Gasteiger partial charge in [-0.15, -0.1) is 0 Å². The van der Waals surface area contributed by atoms with Crippen molar-refractivity contribution in [2.75, 3.05) is 50.3 Å². The predicted molar refractivity (Wildman–Crippen MR) is 83.9 cm³/mol. The molecule has 1 N–H and O–H groups in total. The summed E-state index contributed by atoms with van der Waals surface area (Å²) in [4.78, 5) is 0. The van der Waals surface area contributed by atoms with Gasteiger partial charge in [0.05, 0.1) is 18.1 Å². The summed E-state index contributed by atoms with van der Waals surface area (Å²) in [5, 5.41) is 3.27. The zero-order valence-electron chi connectivity index (χ0n) is 12.9. The SMILES string of the molecule is COCCNCC(CCCS(C)(=O)=O)C1CCS(=O)(=O)C1. The van der Waals surface area contributed by atoms with Crippen LogP contribution < -0.4 is 5.32 Å². The molecule has 1 heterocycles. The molecule has 0 aliphatic carbocycles. The number of methoxy groups -OCH3 is 1. The standard InChI is InChI=1S/C13H27NO5S2/c1-19-7-6-14-10-12(4-3-8-20(2,15)16)13-5-9-21(17,18)11-13/h12-14H,3-11H2,1-2H3. The van der Waals surface area contributed by atoms with Crippen molar-refractivity contribution >= 4 is 19.7 Å². The van der Waals surface area contributed by atoms with Gasteiger partial charge < -0.3 is 10.1 Å². The van der Waals surface area contributed by atoms with E-state index in [1.54, 1.807) is 7.11 Å². The summed E-state index contributed by atoms with van der Waals surface area (Å²) in [5.74, 6) is 1.02. The van der Waals surface area contributed by atoms with Gasteiger partial charge in [-0.25, -0.2) is 16.8 Å². The highest BCUT2D eigenvalue weighted by Gasteiger charge is 2.33. The van der Waals surface area contributed by atoms with E-state index in [9.17, 15) is 16.8 Å². The maximum Gasteiger partial charge on any atom is 0.150 e. The van der Waals surface area contributed by atoms with E-state index in [2.05, 4.69) is 5.32 Å². The normalized spacial score (nSPS) is 23.2. The Labute approximate surface area is 128 Å². The Hall–Kier alpha value is -0.180. The summed E-state index contributed by atoms with van der Waals surface area (Å²) >= 11 is 0. The van der Waals surface area contributed by atoms with E-state index in [1.807, 2.05) is 0 Å². The number of hydrogen-bond acceptors (Lipinski definition) is 6. The molecule has 0 saturated carbocycles. The fraction of sp³-hybridized carbons (Fsp3) is 1.00. The molecule has 1 aliphatic rings. The van der Waals surface area contributed by atoms with Crippen LogP contribution in [0.3, 0.4) is 0 Å². The lowest BCUT2D eigenvalue weighted by molar-refractivity contribution is 0.195. The van der Waals surface area contributed by atoms with Gasteiger partial charge in [-0.2, -0.15) is 0 Å². The van der Waals surface area contributed by atoms with Crippen LogP contribution in [-0.4, -0.2) is 67.2 Å². The van der Waals surface area contributed by atoms with Crippen LogP contribution in [0, 0.1) is 11.8 Å². The minimum atomic E-state index is -2.95. The Morgan fingerprint density at radius 2 is 2.10 bits per heavy atom. The van der Waals surface area contributed by atoms with Gasteiger partial charge in [0.1, 0.15) is 9.84 Å². The molecule has 1 rings (SSSR count). The van der Waals surface area contributed by atoms with E-state index in [0.29, 0.717) is 26.0 Å². The summed E-state index contributed by atoms with van der Waals surface area (Å²) in [7, 11) is -4.22. The van der Waals surface area contributed by atoms with Gasteiger partial charge >= 0.3 is 0 Å². The molecule has 0 radical (unpaired) electrons. The lowest BCUT2D eigenvalue weighted by Gasteiger charge is -2.23. The van der Waals surface area contributed by atoms with Gasteiger partial charge in [0.15, 0.2) is 9.84 Å². The highest BCUT2D eigenvalue weighted by atomic mass is 32.2. The second kappa shape index (κ2) is 8.45. The zero-order valence-corrected chi connectivity index (χ0v) is 14.5. The average molecular weight is 341 g/mol. The maximum absolute atomic E-state index is 11.6. The molecule has 0 spiro atoms. The fourth-order valence-corrected chi connectivity index (χ4v) is 5.38. The summed E-state index contributed by atoms with van der Waals surface area (Å²) in [5.41, 5.74) is 0. The number of rotatable bonds is 10. The van der Waals surface area contributed by atoms with Crippen molar-refractivity contribution in [1.29, 1.82) is 0 Å². The van der Waals surface area contributed by atoms with Gasteiger partial charge in [-0.3, -0.25) is 0 Å². The first-order valence-electron chi connectivity index (χ1n) is 7.31. The molecule has 2 unspecified atom stereocenters. The third kappa shape index (κ3) is 8.13. The number of nitrogens with one attached hydrogen (secondary N) is 1. The summed E-state index contributed by atoms with van der Waals surface area (Å²) < 4.78 is 50.6. The van der Waals surface area contributed by atoms with Crippen molar-refractivity contribution in [2.24, 2.45) is 11.8 Å². The minimum Gasteiger partial charge on any atom is -0.383 e. The predicted octanol–water partition coefficient (Wildman–Crippen LogP) is 0.0981. The van der Waals surface area contributed by atoms with E-state index in [1.165, 1.54) is 6.26 Å². The Morgan fingerprint density at radius 1 is 1.38 bits per heavy atom. The van der Waals surface area contributed by atoms with E-state index < -0.39 is 19.7 Å². The first-order valence-corrected chi connectivity index (χ1v) is 11.2. The largest absolute Gasteiger partial charge is 0.383 e. The molecule has 1 aliphatic heterocycles. The van der Waals surface area contributed by atoms with Crippen molar-refractivity contribution in [3.8, 4) is 0 Å². The van der Waals surface area contributed by atoms with Crippen LogP contribution in [0.15, 0.2) is 0 Å². The third-order valence-electron chi connectivity index (χ3n) is 3.91. The lowest BCUT2D eigenvalue weighted by atomic mass is 9.88. The molecule has 1 fully saturated rings. The van der Waals surface area contributed by atoms with Crippen molar-refractivity contribution in [3.63, 3.8) is 0 Å².